The van der Waals surface area contributed by atoms with E-state index in [1.807, 2.05) is 23.5 Å². The van der Waals surface area contributed by atoms with Crippen LogP contribution in [-0.2, 0) is 0 Å². The Morgan fingerprint density at radius 1 is 0.509 bits per heavy atom. The zero-order valence-electron chi connectivity index (χ0n) is 30.6. The standard InChI is InChI=1S/C51H33N4OS/c1-3-12-31(13-4-1)49-52-50(32-14-5-2-6-15-32)54-51(53-49)35-22-25-37-39-18-11-20-44(48(39)56-45(37)30-35)55-42-19-9-7-16-36(42)40-28-33(23-26-43(40)55)34-24-27-47-41(29-34)38-17-8-10-21-46(38)57-47/h1-30,49-50,52H/q-1. The highest BCUT2D eigenvalue weighted by atomic mass is 32.1. The molecule has 2 atom stereocenters. The van der Waals surface area contributed by atoms with E-state index >= 15 is 0 Å². The number of aromatic nitrogens is 1. The lowest BCUT2D eigenvalue weighted by Gasteiger charge is -2.40. The summed E-state index contributed by atoms with van der Waals surface area (Å²) in [6.07, 6.45) is -0.479. The second-order valence-electron chi connectivity index (χ2n) is 14.7. The first-order valence-corrected chi connectivity index (χ1v) is 20.1. The molecular weight excluding hydrogens is 717 g/mol. The van der Waals surface area contributed by atoms with Gasteiger partial charge in [0.15, 0.2) is 5.58 Å². The summed E-state index contributed by atoms with van der Waals surface area (Å²) in [5.41, 5.74) is 10.5. The van der Waals surface area contributed by atoms with Crippen molar-refractivity contribution in [1.82, 2.24) is 9.88 Å². The molecule has 3 aromatic heterocycles. The van der Waals surface area contributed by atoms with Crippen molar-refractivity contribution in [3.63, 3.8) is 0 Å². The summed E-state index contributed by atoms with van der Waals surface area (Å²) in [4.78, 5) is 5.13. The molecule has 270 valence electrons. The molecule has 11 aromatic rings. The van der Waals surface area contributed by atoms with Crippen molar-refractivity contribution < 1.29 is 4.42 Å². The van der Waals surface area contributed by atoms with Gasteiger partial charge in [0.05, 0.1) is 16.7 Å². The van der Waals surface area contributed by atoms with Crippen LogP contribution in [0.1, 0.15) is 29.0 Å². The van der Waals surface area contributed by atoms with Gasteiger partial charge in [-0.15, -0.1) is 11.3 Å². The first-order valence-electron chi connectivity index (χ1n) is 19.3. The summed E-state index contributed by atoms with van der Waals surface area (Å²) in [5, 5.41) is 15.9. The summed E-state index contributed by atoms with van der Waals surface area (Å²) in [6.45, 7) is 0. The number of amidine groups is 1. The Hall–Kier alpha value is -6.99. The van der Waals surface area contributed by atoms with Gasteiger partial charge < -0.3 is 24.6 Å². The molecule has 0 saturated heterocycles. The van der Waals surface area contributed by atoms with Crippen molar-refractivity contribution in [2.24, 2.45) is 4.99 Å². The quantitative estimate of drug-likeness (QED) is 0.190. The highest BCUT2D eigenvalue weighted by Gasteiger charge is 2.21. The van der Waals surface area contributed by atoms with Gasteiger partial charge in [-0.05, 0) is 82.4 Å². The minimum atomic E-state index is -0.240. The molecule has 57 heavy (non-hydrogen) atoms. The zero-order valence-corrected chi connectivity index (χ0v) is 31.4. The number of nitrogens with one attached hydrogen (secondary N) is 1. The third-order valence-electron chi connectivity index (χ3n) is 11.4. The summed E-state index contributed by atoms with van der Waals surface area (Å²) in [6, 6.07) is 64.7. The summed E-state index contributed by atoms with van der Waals surface area (Å²) in [7, 11) is 0. The molecule has 12 rings (SSSR count). The minimum absolute atomic E-state index is 0.240. The number of thiophene rings is 1. The average Bonchev–Trinajstić information content (AvgIpc) is 3.95. The van der Waals surface area contributed by atoms with E-state index in [0.717, 1.165) is 55.3 Å². The number of aliphatic imine (C=N–C) groups is 1. The van der Waals surface area contributed by atoms with Gasteiger partial charge in [-0.1, -0.05) is 133 Å². The van der Waals surface area contributed by atoms with Crippen LogP contribution < -0.4 is 5.32 Å². The van der Waals surface area contributed by atoms with Crippen LogP contribution in [0.3, 0.4) is 0 Å². The Morgan fingerprint density at radius 3 is 2.04 bits per heavy atom. The largest absolute Gasteiger partial charge is 0.454 e. The fraction of sp³-hybridized carbons (Fsp3) is 0.0392. The van der Waals surface area contributed by atoms with E-state index in [9.17, 15) is 0 Å². The molecule has 4 heterocycles. The van der Waals surface area contributed by atoms with Crippen molar-refractivity contribution in [2.75, 3.05) is 0 Å². The SMILES string of the molecule is c1ccc(C2N=C(c3ccc4c(c3)oc3c(-n5c6ccccc6c6cc(-c7ccc8sc9ccccc9c8c7)ccc65)cccc34)[N-]C(c3ccccc3)N2)cc1. The van der Waals surface area contributed by atoms with Crippen molar-refractivity contribution in [2.45, 2.75) is 12.3 Å². The number of para-hydroxylation sites is 2. The van der Waals surface area contributed by atoms with Crippen molar-refractivity contribution in [1.29, 1.82) is 0 Å². The Labute approximate surface area is 332 Å². The van der Waals surface area contributed by atoms with Crippen LogP contribution in [0.4, 0.5) is 0 Å². The molecule has 0 saturated carbocycles. The molecule has 1 N–H and O–H groups in total. The van der Waals surface area contributed by atoms with Crippen molar-refractivity contribution >= 4 is 81.1 Å². The lowest BCUT2D eigenvalue weighted by atomic mass is 10.0. The second kappa shape index (κ2) is 12.8. The molecule has 2 unspecified atom stereocenters. The topological polar surface area (TPSA) is 56.6 Å². The first-order chi connectivity index (χ1) is 28.2. The average molecular weight is 750 g/mol. The summed E-state index contributed by atoms with van der Waals surface area (Å²) >= 11 is 1.85. The van der Waals surface area contributed by atoms with Gasteiger partial charge in [0.1, 0.15) is 5.58 Å². The van der Waals surface area contributed by atoms with Gasteiger partial charge in [0.25, 0.3) is 0 Å². The maximum Gasteiger partial charge on any atom is 0.159 e. The number of benzene rings is 8. The van der Waals surface area contributed by atoms with E-state index < -0.39 is 0 Å². The molecule has 5 nitrogen and oxygen atoms in total. The van der Waals surface area contributed by atoms with E-state index in [-0.39, 0.29) is 12.3 Å². The molecule has 6 heteroatoms. The number of hydrogen-bond donors (Lipinski definition) is 1. The monoisotopic (exact) mass is 749 g/mol. The smallest absolute Gasteiger partial charge is 0.159 e. The van der Waals surface area contributed by atoms with E-state index in [2.05, 4.69) is 180 Å². The lowest BCUT2D eigenvalue weighted by molar-refractivity contribution is 0.488. The zero-order chi connectivity index (χ0) is 37.5. The van der Waals surface area contributed by atoms with Crippen LogP contribution in [0.2, 0.25) is 0 Å². The molecule has 1 aliphatic heterocycles. The maximum absolute atomic E-state index is 6.89. The lowest BCUT2D eigenvalue weighted by Crippen LogP contribution is -2.31. The number of fused-ring (bicyclic) bond motifs is 9. The van der Waals surface area contributed by atoms with Crippen LogP contribution in [0, 0.1) is 0 Å². The molecule has 0 amide bonds. The molecule has 0 bridgehead atoms. The third kappa shape index (κ3) is 5.22. The predicted molar refractivity (Wildman–Crippen MR) is 238 cm³/mol. The maximum atomic E-state index is 6.89. The highest BCUT2D eigenvalue weighted by molar-refractivity contribution is 7.25. The van der Waals surface area contributed by atoms with E-state index in [1.165, 1.54) is 42.1 Å². The number of furan rings is 1. The fourth-order valence-corrected chi connectivity index (χ4v) is 9.77. The Bertz CT molecular complexity index is 3380. The van der Waals surface area contributed by atoms with Crippen molar-refractivity contribution in [3.8, 4) is 16.8 Å². The Balaban J connectivity index is 0.981. The van der Waals surface area contributed by atoms with Crippen LogP contribution in [0.15, 0.2) is 191 Å². The fourth-order valence-electron chi connectivity index (χ4n) is 8.68. The van der Waals surface area contributed by atoms with E-state index in [0.29, 0.717) is 5.84 Å². The van der Waals surface area contributed by atoms with Gasteiger partial charge in [0.2, 0.25) is 0 Å². The molecule has 0 spiro atoms. The predicted octanol–water partition coefficient (Wildman–Crippen LogP) is 13.8. The van der Waals surface area contributed by atoms with Gasteiger partial charge in [-0.2, -0.15) is 0 Å². The molecule has 0 fully saturated rings. The molecule has 0 radical (unpaired) electrons. The minimum Gasteiger partial charge on any atom is -0.454 e. The number of rotatable bonds is 5. The molecule has 0 aliphatic carbocycles. The van der Waals surface area contributed by atoms with E-state index in [1.54, 1.807) is 0 Å². The second-order valence-corrected chi connectivity index (χ2v) is 15.8. The van der Waals surface area contributed by atoms with E-state index in [4.69, 9.17) is 14.7 Å². The molecular formula is C51H33N4OS-. The third-order valence-corrected chi connectivity index (χ3v) is 12.6. The van der Waals surface area contributed by atoms with Gasteiger partial charge >= 0.3 is 0 Å². The van der Waals surface area contributed by atoms with Gasteiger partial charge in [0, 0.05) is 54.0 Å². The van der Waals surface area contributed by atoms with Crippen molar-refractivity contribution in [3.05, 3.63) is 204 Å². The Morgan fingerprint density at radius 2 is 1.18 bits per heavy atom. The van der Waals surface area contributed by atoms with Crippen LogP contribution in [-0.4, -0.2) is 10.4 Å². The normalized spacial score (nSPS) is 15.9. The molecule has 1 aliphatic rings. The van der Waals surface area contributed by atoms with Gasteiger partial charge in [-0.3, -0.25) is 0 Å². The molecule has 8 aromatic carbocycles. The number of hydrogen-bond acceptors (Lipinski definition) is 4. The van der Waals surface area contributed by atoms with Crippen LogP contribution in [0.5, 0.6) is 0 Å². The van der Waals surface area contributed by atoms with Gasteiger partial charge in [-0.25, -0.2) is 0 Å². The van der Waals surface area contributed by atoms with Crippen LogP contribution >= 0.6 is 11.3 Å². The summed E-state index contributed by atoms with van der Waals surface area (Å²) in [5.74, 6) is 0.698. The highest BCUT2D eigenvalue weighted by Crippen LogP contribution is 2.42. The number of nitrogens with zero attached hydrogens (tertiary/aromatic N) is 3. The first kappa shape index (κ1) is 32.3. The Kier molecular flexibility index (Phi) is 7.24. The van der Waals surface area contributed by atoms with Crippen LogP contribution in [0.25, 0.3) is 86.0 Å². The summed E-state index contributed by atoms with van der Waals surface area (Å²) < 4.78 is 11.9.